The Morgan fingerprint density at radius 2 is 0.612 bits per heavy atom. The predicted molar refractivity (Wildman–Crippen MR) is 595 cm³/mol. The third kappa shape index (κ3) is 57.1. The molecule has 1 atom stereocenters. The van der Waals surface area contributed by atoms with Crippen molar-refractivity contribution < 1.29 is 98.3 Å². The molecule has 1 fully saturated rings. The van der Waals surface area contributed by atoms with E-state index in [1.165, 1.54) is 65.4 Å². The van der Waals surface area contributed by atoms with E-state index in [0.717, 1.165) is 12.8 Å². The number of hydrogen-bond donors (Lipinski definition) is 1. The normalized spacial score (nSPS) is 12.3. The van der Waals surface area contributed by atoms with Gasteiger partial charge in [0.15, 0.2) is 71.7 Å². The average molecular weight is 2080 g/mol. The van der Waals surface area contributed by atoms with Crippen molar-refractivity contribution in [3.63, 3.8) is 0 Å². The first-order chi connectivity index (χ1) is 65.8. The molecule has 1 unspecified atom stereocenters. The molecule has 3 heterocycles. The molecular weight excluding hydrogens is 1900 g/mol. The molecule has 0 bridgehead atoms. The van der Waals surface area contributed by atoms with Gasteiger partial charge in [0.25, 0.3) is 5.91 Å². The lowest BCUT2D eigenvalue weighted by atomic mass is 9.82. The number of carbonyl (C=O) groups excluding carboxylic acids is 17. The lowest BCUT2D eigenvalue weighted by molar-refractivity contribution is -0.138. The van der Waals surface area contributed by atoms with Crippen LogP contribution in [0.1, 0.15) is 422 Å². The molecule has 1 aliphatic rings. The monoisotopic (exact) mass is 2080 g/mol. The zero-order valence-corrected chi connectivity index (χ0v) is 100. The maximum atomic E-state index is 12.5. The van der Waals surface area contributed by atoms with Gasteiger partial charge in [0.1, 0.15) is 34.5 Å². The smallest absolute Gasteiger partial charge is 0.253 e. The van der Waals surface area contributed by atoms with Crippen LogP contribution in [0.15, 0.2) is 139 Å². The number of benzene rings is 4. The number of ketones is 13. The highest BCUT2D eigenvalue weighted by molar-refractivity contribution is 7.92. The summed E-state index contributed by atoms with van der Waals surface area (Å²) >= 11 is 0. The van der Waals surface area contributed by atoms with Crippen molar-refractivity contribution in [2.24, 2.45) is 66.0 Å². The van der Waals surface area contributed by atoms with E-state index in [9.17, 15) is 98.3 Å². The predicted octanol–water partition coefficient (Wildman–Crippen LogP) is 24.6. The van der Waals surface area contributed by atoms with Crippen LogP contribution in [0.5, 0.6) is 0 Å². The summed E-state index contributed by atoms with van der Waals surface area (Å²) in [5.41, 5.74) is 2.86. The summed E-state index contributed by atoms with van der Waals surface area (Å²) in [6.07, 6.45) is 5.30. The highest BCUT2D eigenvalue weighted by Crippen LogP contribution is 2.30. The van der Waals surface area contributed by atoms with E-state index in [1.54, 1.807) is 165 Å². The molecule has 1 N–H and O–H groups in total. The number of carbonyl (C=O) groups is 17. The Balaban J connectivity index is -0.000000509. The Labute approximate surface area is 883 Å². The van der Waals surface area contributed by atoms with Gasteiger partial charge in [-0.2, -0.15) is 0 Å². The topological polar surface area (TPSA) is 406 Å². The number of pyridine rings is 2. The summed E-state index contributed by atoms with van der Waals surface area (Å²) in [6, 6.07) is 33.1. The SMILES string of the molecule is CC.CC(=O)C(C)(C)C.CC(=O)C(C)C(=O)C(C)(C)C.CC(=O)N1CCN(C(=O)c2ccc(C(=O)C(C)(C)C)cc2)CC1.CC(=O)Nc1ccc(C(=O)C(C)(C)C)cc1.CC(=O)c1ccc(C(=O)C(C)(C)C)cc1.CC(=O)c1ccc(C(=O)C(C)(C)C)cn1.CC(=O)c1ccc(C(=O)C(C)(C)C)nc1.CC(C)(C)C(=O)c1ccc(S(C)(=O)=O)cc1.CC(C)(C)S(C)(=O)=O.CC(C)C(=O)C(C)(C)C.CCN(C)C(=O)C(C)(C)C. The molecule has 1 saturated heterocycles. The van der Waals surface area contributed by atoms with Crippen LogP contribution in [0.2, 0.25) is 0 Å². The Morgan fingerprint density at radius 1 is 0.340 bits per heavy atom. The minimum atomic E-state index is -3.19. The molecule has 0 radical (unpaired) electrons. The van der Waals surface area contributed by atoms with Crippen molar-refractivity contribution in [2.45, 2.75) is 328 Å². The van der Waals surface area contributed by atoms with Gasteiger partial charge in [0, 0.05) is 196 Å². The maximum Gasteiger partial charge on any atom is 0.253 e. The van der Waals surface area contributed by atoms with E-state index in [-0.39, 0.29) is 131 Å². The van der Waals surface area contributed by atoms with Gasteiger partial charge in [-0.05, 0) is 135 Å². The van der Waals surface area contributed by atoms with Gasteiger partial charge < -0.3 is 20.0 Å². The summed E-state index contributed by atoms with van der Waals surface area (Å²) in [5, 5.41) is 2.66. The molecule has 0 spiro atoms. The number of Topliss-reactive ketones (excluding diaryl/α,β-unsaturated/α-hetero) is 13. The van der Waals surface area contributed by atoms with Crippen LogP contribution < -0.4 is 5.32 Å². The van der Waals surface area contributed by atoms with E-state index in [0.29, 0.717) is 93.5 Å². The number of aromatic nitrogens is 2. The third-order valence-corrected chi connectivity index (χ3v) is 24.8. The Kier molecular flexibility index (Phi) is 59.8. The number of piperazine rings is 1. The fourth-order valence-corrected chi connectivity index (χ4v) is 11.9. The molecule has 6 aromatic rings. The van der Waals surface area contributed by atoms with Gasteiger partial charge in [-0.25, -0.2) is 16.8 Å². The van der Waals surface area contributed by atoms with Crippen LogP contribution in [0.25, 0.3) is 0 Å². The molecular formula is C118H182N6O21S2. The Morgan fingerprint density at radius 3 is 0.823 bits per heavy atom. The number of rotatable bonds is 16. The second kappa shape index (κ2) is 61.0. The first-order valence-electron chi connectivity index (χ1n) is 49.5. The van der Waals surface area contributed by atoms with Crippen LogP contribution in [0, 0.1) is 66.0 Å². The van der Waals surface area contributed by atoms with Crippen molar-refractivity contribution >= 4 is 124 Å². The average Bonchev–Trinajstić information content (AvgIpc) is 0.835. The first kappa shape index (κ1) is 144. The quantitative estimate of drug-likeness (QED) is 0.0694. The second-order valence-electron chi connectivity index (χ2n) is 47.5. The number of amides is 4. The van der Waals surface area contributed by atoms with Crippen LogP contribution in [-0.4, -0.2) is 197 Å². The van der Waals surface area contributed by atoms with Gasteiger partial charge >= 0.3 is 0 Å². The molecule has 822 valence electrons. The highest BCUT2D eigenvalue weighted by atomic mass is 32.2. The minimum Gasteiger partial charge on any atom is -0.346 e. The van der Waals surface area contributed by atoms with Crippen LogP contribution in [-0.2, 0) is 53.2 Å². The number of nitrogens with one attached hydrogen (secondary N) is 1. The molecule has 2 aromatic heterocycles. The molecule has 4 amide bonds. The molecule has 0 saturated carbocycles. The maximum absolute atomic E-state index is 12.5. The van der Waals surface area contributed by atoms with Gasteiger partial charge in [-0.15, -0.1) is 0 Å². The number of hydrogen-bond acceptors (Lipinski definition) is 23. The molecule has 4 aromatic carbocycles. The van der Waals surface area contributed by atoms with Gasteiger partial charge in [0.2, 0.25) is 17.7 Å². The summed E-state index contributed by atoms with van der Waals surface area (Å²) in [4.78, 5) is 208. The molecule has 7 rings (SSSR count). The lowest BCUT2D eigenvalue weighted by Gasteiger charge is -2.34. The minimum absolute atomic E-state index is 0.00699. The molecule has 0 aliphatic carbocycles. The number of sulfone groups is 2. The van der Waals surface area contributed by atoms with Crippen molar-refractivity contribution in [1.82, 2.24) is 24.7 Å². The number of anilines is 1. The molecule has 147 heavy (non-hydrogen) atoms. The van der Waals surface area contributed by atoms with Gasteiger partial charge in [-0.1, -0.05) is 284 Å². The first-order valence-corrected chi connectivity index (χ1v) is 53.3. The Bertz CT molecular complexity index is 5420. The van der Waals surface area contributed by atoms with E-state index in [2.05, 4.69) is 15.3 Å². The molecule has 1 aliphatic heterocycles. The zero-order chi connectivity index (χ0) is 117. The van der Waals surface area contributed by atoms with Crippen molar-refractivity contribution in [1.29, 1.82) is 0 Å². The van der Waals surface area contributed by atoms with Crippen LogP contribution in [0.4, 0.5) is 5.69 Å². The van der Waals surface area contributed by atoms with Crippen LogP contribution >= 0.6 is 0 Å². The second-order valence-corrected chi connectivity index (χ2v) is 52.3. The largest absolute Gasteiger partial charge is 0.346 e. The van der Waals surface area contributed by atoms with Crippen molar-refractivity contribution in [3.05, 3.63) is 190 Å². The van der Waals surface area contributed by atoms with E-state index < -0.39 is 57.4 Å². The van der Waals surface area contributed by atoms with Crippen molar-refractivity contribution in [2.75, 3.05) is 57.6 Å². The zero-order valence-electron chi connectivity index (χ0n) is 98.5. The van der Waals surface area contributed by atoms with Gasteiger partial charge in [-0.3, -0.25) is 91.5 Å². The Hall–Kier alpha value is -11.3. The van der Waals surface area contributed by atoms with E-state index in [1.807, 2.05) is 249 Å². The highest BCUT2D eigenvalue weighted by Gasteiger charge is 2.33. The van der Waals surface area contributed by atoms with Crippen LogP contribution in [0.3, 0.4) is 0 Å². The van der Waals surface area contributed by atoms with Crippen molar-refractivity contribution in [3.8, 4) is 0 Å². The molecule has 29 heteroatoms. The lowest BCUT2D eigenvalue weighted by Crippen LogP contribution is -2.50. The van der Waals surface area contributed by atoms with E-state index in [4.69, 9.17) is 0 Å². The summed E-state index contributed by atoms with van der Waals surface area (Å²) in [7, 11) is -4.21. The fraction of sp³-hybridized carbons (Fsp3) is 0.568. The van der Waals surface area contributed by atoms with Gasteiger partial charge in [0.05, 0.1) is 15.6 Å². The summed E-state index contributed by atoms with van der Waals surface area (Å²) in [5.74, 6) is 0.507. The van der Waals surface area contributed by atoms with E-state index >= 15 is 0 Å². The standard InChI is InChI=1S/C18H24N2O3.C13H17NO2.C13H16O2.2C12H15NO2.C12H16O3S.C9H16O2.C8H17NO.C8H16O.C6H12O.C5H12O2S.C2H6/c1-13(21)19-9-11-20(12-10-19)17(23)15-7-5-14(6-8-15)16(22)18(2,3)4;1-9(15)14-11-7-5-10(6-8-11)12(16)13(2,3)4;1-9(14)10-5-7-11(8-6-10)12(15)13(2,3)4;1-8(14)10-6-5-9(7-13-10)11(15)12(2,3)4;1-8(14)9-5-6-10(13-7-9)11(15)12(2,3)4;1-12(2,3)11(13)9-5-7-10(8-6-9)16(4,14)15;1-6(7(2)10)8(11)9(3,4)5;1-6-9(5)7(10)8(2,3)4;1-6(2)7(9)8(3,4)5;1-5(7)6(2,3)4;1-5(2,3)8(4,6)7;1-2/h5-8H,9-12H2,1-4H3;5-8H,1-4H3,(H,14,15);5-8H,1-4H3;2*5-7H,1-4H3;5-8H,1-4H3;6H,1-5H3;6H2,1-5H3;6H,1-5H3;1-4H3;1-4H3;1-2H3. The molecule has 27 nitrogen and oxygen atoms in total. The fourth-order valence-electron chi connectivity index (χ4n) is 11.2. The summed E-state index contributed by atoms with van der Waals surface area (Å²) in [6.45, 7) is 86.5. The third-order valence-electron chi connectivity index (χ3n) is 21.5. The summed E-state index contributed by atoms with van der Waals surface area (Å²) < 4.78 is 43.2. The number of nitrogens with zero attached hydrogens (tertiary/aromatic N) is 5.